The molecule has 0 unspecified atom stereocenters. The lowest BCUT2D eigenvalue weighted by Crippen LogP contribution is -2.20. The number of amides is 1. The van der Waals surface area contributed by atoms with Gasteiger partial charge in [-0.3, -0.25) is 4.79 Å². The molecule has 3 aromatic carbocycles. The molecule has 0 aliphatic rings. The van der Waals surface area contributed by atoms with Gasteiger partial charge < -0.3 is 14.8 Å². The lowest BCUT2D eigenvalue weighted by molar-refractivity contribution is -0.119. The number of nitrogens with one attached hydrogen (secondary N) is 1. The van der Waals surface area contributed by atoms with Crippen LogP contribution >= 0.6 is 11.8 Å². The second-order valence-electron chi connectivity index (χ2n) is 6.15. The molecule has 1 amide bonds. The molecule has 0 spiro atoms. The first-order valence-electron chi connectivity index (χ1n) is 9.02. The Kier molecular flexibility index (Phi) is 7.30. The summed E-state index contributed by atoms with van der Waals surface area (Å²) >= 11 is 1.62. The minimum atomic E-state index is -0.548. The van der Waals surface area contributed by atoms with Crippen molar-refractivity contribution >= 4 is 29.3 Å². The molecule has 0 radical (unpaired) electrons. The molecule has 0 aliphatic heterocycles. The first-order valence-corrected chi connectivity index (χ1v) is 10.2. The van der Waals surface area contributed by atoms with E-state index in [1.165, 1.54) is 0 Å². The van der Waals surface area contributed by atoms with E-state index in [2.05, 4.69) is 5.32 Å². The fourth-order valence-corrected chi connectivity index (χ4v) is 2.91. The van der Waals surface area contributed by atoms with Crippen molar-refractivity contribution in [1.82, 2.24) is 0 Å². The van der Waals surface area contributed by atoms with Crippen molar-refractivity contribution in [3.8, 4) is 5.75 Å². The van der Waals surface area contributed by atoms with Crippen molar-refractivity contribution < 1.29 is 19.1 Å². The number of hydrogen-bond donors (Lipinski definition) is 1. The van der Waals surface area contributed by atoms with E-state index in [1.54, 1.807) is 36.0 Å². The number of benzene rings is 3. The van der Waals surface area contributed by atoms with Crippen LogP contribution < -0.4 is 10.1 Å². The third-order valence-corrected chi connectivity index (χ3v) is 4.79. The van der Waals surface area contributed by atoms with Gasteiger partial charge in [0.1, 0.15) is 12.4 Å². The van der Waals surface area contributed by atoms with Crippen LogP contribution in [0.1, 0.15) is 15.9 Å². The Balaban J connectivity index is 1.45. The van der Waals surface area contributed by atoms with E-state index < -0.39 is 5.97 Å². The van der Waals surface area contributed by atoms with Crippen molar-refractivity contribution in [3.63, 3.8) is 0 Å². The normalized spacial score (nSPS) is 10.2. The summed E-state index contributed by atoms with van der Waals surface area (Å²) in [6.07, 6.45) is 1.98. The zero-order valence-corrected chi connectivity index (χ0v) is 16.8. The third-order valence-electron chi connectivity index (χ3n) is 4.05. The quantitative estimate of drug-likeness (QED) is 0.430. The maximum Gasteiger partial charge on any atom is 0.338 e. The SMILES string of the molecule is CSc1ccc(NC(=O)COC(=O)c2ccc(COc3ccccc3)cc2)cc1. The van der Waals surface area contributed by atoms with Gasteiger partial charge in [-0.1, -0.05) is 30.3 Å². The van der Waals surface area contributed by atoms with Gasteiger partial charge >= 0.3 is 5.97 Å². The molecule has 3 rings (SSSR count). The van der Waals surface area contributed by atoms with E-state index in [1.807, 2.05) is 60.9 Å². The summed E-state index contributed by atoms with van der Waals surface area (Å²) < 4.78 is 10.8. The average molecular weight is 407 g/mol. The number of thioether (sulfide) groups is 1. The summed E-state index contributed by atoms with van der Waals surface area (Å²) in [7, 11) is 0. The highest BCUT2D eigenvalue weighted by molar-refractivity contribution is 7.98. The van der Waals surface area contributed by atoms with Crippen LogP contribution in [-0.4, -0.2) is 24.7 Å². The molecule has 0 saturated carbocycles. The van der Waals surface area contributed by atoms with E-state index in [9.17, 15) is 9.59 Å². The number of para-hydroxylation sites is 1. The van der Waals surface area contributed by atoms with Crippen molar-refractivity contribution in [1.29, 1.82) is 0 Å². The molecule has 148 valence electrons. The number of esters is 1. The Morgan fingerprint density at radius 2 is 1.59 bits per heavy atom. The molecule has 1 N–H and O–H groups in total. The summed E-state index contributed by atoms with van der Waals surface area (Å²) in [6, 6.07) is 23.9. The summed E-state index contributed by atoms with van der Waals surface area (Å²) in [6.45, 7) is 0.0546. The smallest absolute Gasteiger partial charge is 0.338 e. The van der Waals surface area contributed by atoms with Crippen LogP contribution in [0.3, 0.4) is 0 Å². The molecular formula is C23H21NO4S. The zero-order chi connectivity index (χ0) is 20.5. The molecular weight excluding hydrogens is 386 g/mol. The Labute approximate surface area is 174 Å². The molecule has 29 heavy (non-hydrogen) atoms. The highest BCUT2D eigenvalue weighted by Gasteiger charge is 2.10. The van der Waals surface area contributed by atoms with Crippen LogP contribution in [0.25, 0.3) is 0 Å². The molecule has 0 aliphatic carbocycles. The lowest BCUT2D eigenvalue weighted by atomic mass is 10.1. The molecule has 0 saturated heterocycles. The number of ether oxygens (including phenoxy) is 2. The standard InChI is InChI=1S/C23H21NO4S/c1-29-21-13-11-19(12-14-21)24-22(25)16-28-23(26)18-9-7-17(8-10-18)15-27-20-5-3-2-4-6-20/h2-14H,15-16H2,1H3,(H,24,25). The predicted molar refractivity (Wildman–Crippen MR) is 114 cm³/mol. The molecule has 0 aromatic heterocycles. The second-order valence-corrected chi connectivity index (χ2v) is 7.03. The van der Waals surface area contributed by atoms with Crippen molar-refractivity contribution in [2.75, 3.05) is 18.2 Å². The van der Waals surface area contributed by atoms with Gasteiger partial charge in [-0.25, -0.2) is 4.79 Å². The van der Waals surface area contributed by atoms with Crippen molar-refractivity contribution in [2.24, 2.45) is 0 Å². The van der Waals surface area contributed by atoms with Crippen LogP contribution in [-0.2, 0) is 16.1 Å². The number of rotatable bonds is 8. The summed E-state index contributed by atoms with van der Waals surface area (Å²) in [5, 5.41) is 2.70. The molecule has 0 atom stereocenters. The van der Waals surface area contributed by atoms with Crippen LogP contribution in [0.15, 0.2) is 83.8 Å². The van der Waals surface area contributed by atoms with Crippen LogP contribution in [0.2, 0.25) is 0 Å². The maximum absolute atomic E-state index is 12.1. The van der Waals surface area contributed by atoms with Gasteiger partial charge in [-0.05, 0) is 60.4 Å². The molecule has 5 nitrogen and oxygen atoms in total. The number of hydrogen-bond acceptors (Lipinski definition) is 5. The molecule has 0 bridgehead atoms. The Hall–Kier alpha value is -3.25. The highest BCUT2D eigenvalue weighted by Crippen LogP contribution is 2.17. The van der Waals surface area contributed by atoms with E-state index in [0.29, 0.717) is 17.9 Å². The van der Waals surface area contributed by atoms with Gasteiger partial charge in [0.2, 0.25) is 0 Å². The van der Waals surface area contributed by atoms with Gasteiger partial charge in [0.15, 0.2) is 6.61 Å². The molecule has 0 heterocycles. The fourth-order valence-electron chi connectivity index (χ4n) is 2.51. The number of carbonyl (C=O) groups is 2. The number of anilines is 1. The van der Waals surface area contributed by atoms with Crippen LogP contribution in [0.4, 0.5) is 5.69 Å². The van der Waals surface area contributed by atoms with Crippen molar-refractivity contribution in [3.05, 3.63) is 90.0 Å². The Bertz CT molecular complexity index is 941. The minimum Gasteiger partial charge on any atom is -0.489 e. The van der Waals surface area contributed by atoms with Gasteiger partial charge in [0.05, 0.1) is 5.56 Å². The topological polar surface area (TPSA) is 64.6 Å². The van der Waals surface area contributed by atoms with E-state index in [-0.39, 0.29) is 12.5 Å². The van der Waals surface area contributed by atoms with E-state index in [0.717, 1.165) is 16.2 Å². The monoisotopic (exact) mass is 407 g/mol. The second kappa shape index (κ2) is 10.3. The fraction of sp³-hybridized carbons (Fsp3) is 0.130. The van der Waals surface area contributed by atoms with E-state index in [4.69, 9.17) is 9.47 Å². The van der Waals surface area contributed by atoms with Crippen LogP contribution in [0.5, 0.6) is 5.75 Å². The van der Waals surface area contributed by atoms with Crippen LogP contribution in [0, 0.1) is 0 Å². The van der Waals surface area contributed by atoms with Gasteiger partial charge in [-0.2, -0.15) is 0 Å². The average Bonchev–Trinajstić information content (AvgIpc) is 2.77. The van der Waals surface area contributed by atoms with Gasteiger partial charge in [-0.15, -0.1) is 11.8 Å². The van der Waals surface area contributed by atoms with Gasteiger partial charge in [0.25, 0.3) is 5.91 Å². The first kappa shape index (κ1) is 20.5. The van der Waals surface area contributed by atoms with E-state index >= 15 is 0 Å². The Morgan fingerprint density at radius 1 is 0.897 bits per heavy atom. The number of carbonyl (C=O) groups excluding carboxylic acids is 2. The Morgan fingerprint density at radius 3 is 2.24 bits per heavy atom. The summed E-state index contributed by atoms with van der Waals surface area (Å²) in [5.74, 6) is -0.151. The molecule has 3 aromatic rings. The van der Waals surface area contributed by atoms with Gasteiger partial charge in [0, 0.05) is 10.6 Å². The highest BCUT2D eigenvalue weighted by atomic mass is 32.2. The largest absolute Gasteiger partial charge is 0.489 e. The third kappa shape index (κ3) is 6.40. The summed E-state index contributed by atoms with van der Waals surface area (Å²) in [5.41, 5.74) is 1.97. The maximum atomic E-state index is 12.1. The zero-order valence-electron chi connectivity index (χ0n) is 16.0. The molecule has 0 fully saturated rings. The van der Waals surface area contributed by atoms with Crippen molar-refractivity contribution in [2.45, 2.75) is 11.5 Å². The predicted octanol–water partition coefficient (Wildman–Crippen LogP) is 4.78. The minimum absolute atomic E-state index is 0.345. The summed E-state index contributed by atoms with van der Waals surface area (Å²) in [4.78, 5) is 25.2. The first-order chi connectivity index (χ1) is 14.1. The lowest BCUT2D eigenvalue weighted by Gasteiger charge is -2.08. The molecule has 6 heteroatoms.